The largest absolute Gasteiger partial charge is 0.273 e. The molecule has 1 atom stereocenters. The van der Waals surface area contributed by atoms with Gasteiger partial charge in [0.15, 0.2) is 0 Å². The van der Waals surface area contributed by atoms with E-state index in [1.165, 1.54) is 6.07 Å². The molecule has 0 radical (unpaired) electrons. The lowest BCUT2D eigenvalue weighted by atomic mass is 10.0. The SMILES string of the molecule is Cn1nccc1CCC(NN)c1cccc(Cl)c1F. The molecule has 2 aromatic rings. The van der Waals surface area contributed by atoms with E-state index in [0.717, 1.165) is 12.1 Å². The van der Waals surface area contributed by atoms with Crippen LogP contribution in [0.15, 0.2) is 30.5 Å². The van der Waals surface area contributed by atoms with Crippen molar-refractivity contribution in [2.24, 2.45) is 12.9 Å². The lowest BCUT2D eigenvalue weighted by Gasteiger charge is -2.17. The molecule has 0 bridgehead atoms. The van der Waals surface area contributed by atoms with E-state index in [2.05, 4.69) is 10.5 Å². The van der Waals surface area contributed by atoms with E-state index in [1.54, 1.807) is 23.0 Å². The van der Waals surface area contributed by atoms with Gasteiger partial charge in [0.25, 0.3) is 0 Å². The number of nitrogens with zero attached hydrogens (tertiary/aromatic N) is 2. The summed E-state index contributed by atoms with van der Waals surface area (Å²) in [6, 6.07) is 6.58. The van der Waals surface area contributed by atoms with Crippen LogP contribution in [0, 0.1) is 5.82 Å². The van der Waals surface area contributed by atoms with Gasteiger partial charge in [-0.05, 0) is 25.0 Å². The number of hydrazine groups is 1. The van der Waals surface area contributed by atoms with Crippen molar-refractivity contribution in [2.75, 3.05) is 0 Å². The average molecular weight is 283 g/mol. The van der Waals surface area contributed by atoms with Gasteiger partial charge in [-0.25, -0.2) is 4.39 Å². The molecule has 0 saturated heterocycles. The fraction of sp³-hybridized carbons (Fsp3) is 0.308. The number of aryl methyl sites for hydroxylation is 2. The number of rotatable bonds is 5. The van der Waals surface area contributed by atoms with Gasteiger partial charge >= 0.3 is 0 Å². The molecule has 0 fully saturated rings. The highest BCUT2D eigenvalue weighted by Crippen LogP contribution is 2.25. The first-order valence-electron chi connectivity index (χ1n) is 6.00. The Labute approximate surface area is 116 Å². The molecule has 0 spiro atoms. The average Bonchev–Trinajstić information content (AvgIpc) is 2.80. The van der Waals surface area contributed by atoms with Crippen molar-refractivity contribution in [3.8, 4) is 0 Å². The summed E-state index contributed by atoms with van der Waals surface area (Å²) < 4.78 is 15.7. The monoisotopic (exact) mass is 282 g/mol. The van der Waals surface area contributed by atoms with Gasteiger partial charge < -0.3 is 0 Å². The highest BCUT2D eigenvalue weighted by molar-refractivity contribution is 6.30. The second-order valence-corrected chi connectivity index (χ2v) is 4.75. The van der Waals surface area contributed by atoms with Crippen molar-refractivity contribution in [2.45, 2.75) is 18.9 Å². The standard InChI is InChI=1S/C13H16ClFN4/c1-19-9(7-8-17-19)5-6-12(18-16)10-3-2-4-11(14)13(10)15/h2-4,7-8,12,18H,5-6,16H2,1H3. The molecule has 1 heterocycles. The normalized spacial score (nSPS) is 12.6. The van der Waals surface area contributed by atoms with Crippen molar-refractivity contribution in [1.29, 1.82) is 0 Å². The van der Waals surface area contributed by atoms with Gasteiger partial charge in [0.2, 0.25) is 0 Å². The van der Waals surface area contributed by atoms with Crippen LogP contribution in [0.1, 0.15) is 23.7 Å². The van der Waals surface area contributed by atoms with E-state index in [1.807, 2.05) is 13.1 Å². The summed E-state index contributed by atoms with van der Waals surface area (Å²) in [4.78, 5) is 0. The Hall–Kier alpha value is -1.43. The first-order valence-corrected chi connectivity index (χ1v) is 6.38. The van der Waals surface area contributed by atoms with E-state index in [-0.39, 0.29) is 11.1 Å². The highest BCUT2D eigenvalue weighted by Gasteiger charge is 2.16. The van der Waals surface area contributed by atoms with Crippen molar-refractivity contribution in [3.05, 3.63) is 52.6 Å². The molecular weight excluding hydrogens is 267 g/mol. The Morgan fingerprint density at radius 2 is 2.26 bits per heavy atom. The summed E-state index contributed by atoms with van der Waals surface area (Å²) in [5.74, 6) is 5.10. The van der Waals surface area contributed by atoms with E-state index in [0.29, 0.717) is 12.0 Å². The summed E-state index contributed by atoms with van der Waals surface area (Å²) in [7, 11) is 1.88. The first-order chi connectivity index (χ1) is 9.13. The maximum atomic E-state index is 13.9. The first kappa shape index (κ1) is 14.0. The minimum Gasteiger partial charge on any atom is -0.273 e. The van der Waals surface area contributed by atoms with Crippen LogP contribution in [0.3, 0.4) is 0 Å². The topological polar surface area (TPSA) is 55.9 Å². The van der Waals surface area contributed by atoms with Crippen LogP contribution in [0.4, 0.5) is 4.39 Å². The molecule has 3 N–H and O–H groups in total. The summed E-state index contributed by atoms with van der Waals surface area (Å²) in [5.41, 5.74) is 4.20. The number of halogens is 2. The number of nitrogens with two attached hydrogens (primary N) is 1. The third-order valence-electron chi connectivity index (χ3n) is 3.17. The molecule has 0 saturated carbocycles. The van der Waals surface area contributed by atoms with Gasteiger partial charge in [-0.1, -0.05) is 23.7 Å². The molecule has 1 aromatic heterocycles. The smallest absolute Gasteiger partial charge is 0.146 e. The van der Waals surface area contributed by atoms with Crippen LogP contribution in [0.5, 0.6) is 0 Å². The van der Waals surface area contributed by atoms with Crippen LogP contribution >= 0.6 is 11.6 Å². The zero-order valence-electron chi connectivity index (χ0n) is 10.6. The Bertz CT molecular complexity index is 555. The molecule has 0 aliphatic heterocycles. The van der Waals surface area contributed by atoms with Crippen molar-refractivity contribution in [1.82, 2.24) is 15.2 Å². The third-order valence-corrected chi connectivity index (χ3v) is 3.46. The number of hydrogen-bond acceptors (Lipinski definition) is 3. The summed E-state index contributed by atoms with van der Waals surface area (Å²) in [5, 5.41) is 4.20. The van der Waals surface area contributed by atoms with Crippen molar-refractivity contribution >= 4 is 11.6 Å². The quantitative estimate of drug-likeness (QED) is 0.654. The minimum absolute atomic E-state index is 0.110. The predicted molar refractivity (Wildman–Crippen MR) is 73.0 cm³/mol. The molecular formula is C13H16ClFN4. The molecule has 2 rings (SSSR count). The van der Waals surface area contributed by atoms with Gasteiger partial charge in [-0.15, -0.1) is 0 Å². The molecule has 102 valence electrons. The Kier molecular flexibility index (Phi) is 4.52. The predicted octanol–water partition coefficient (Wildman–Crippen LogP) is 2.35. The lowest BCUT2D eigenvalue weighted by Crippen LogP contribution is -2.29. The molecule has 6 heteroatoms. The Balaban J connectivity index is 2.12. The fourth-order valence-corrected chi connectivity index (χ4v) is 2.24. The molecule has 1 unspecified atom stereocenters. The second kappa shape index (κ2) is 6.14. The maximum Gasteiger partial charge on any atom is 0.146 e. The van der Waals surface area contributed by atoms with Crippen LogP contribution in [0.25, 0.3) is 0 Å². The number of nitrogens with one attached hydrogen (secondary N) is 1. The third kappa shape index (κ3) is 3.12. The fourth-order valence-electron chi connectivity index (χ4n) is 2.06. The van der Waals surface area contributed by atoms with Gasteiger partial charge in [0.05, 0.1) is 5.02 Å². The van der Waals surface area contributed by atoms with Gasteiger partial charge in [-0.2, -0.15) is 5.10 Å². The van der Waals surface area contributed by atoms with Crippen LogP contribution in [-0.4, -0.2) is 9.78 Å². The van der Waals surface area contributed by atoms with Gasteiger partial charge in [-0.3, -0.25) is 16.0 Å². The summed E-state index contributed by atoms with van der Waals surface area (Å²) in [6.07, 6.45) is 3.14. The summed E-state index contributed by atoms with van der Waals surface area (Å²) >= 11 is 5.78. The molecule has 4 nitrogen and oxygen atoms in total. The van der Waals surface area contributed by atoms with Crippen LogP contribution < -0.4 is 11.3 Å². The second-order valence-electron chi connectivity index (χ2n) is 4.35. The van der Waals surface area contributed by atoms with E-state index >= 15 is 0 Å². The van der Waals surface area contributed by atoms with E-state index in [9.17, 15) is 4.39 Å². The lowest BCUT2D eigenvalue weighted by molar-refractivity contribution is 0.479. The van der Waals surface area contributed by atoms with Crippen LogP contribution in [0.2, 0.25) is 5.02 Å². The Morgan fingerprint density at radius 3 is 2.89 bits per heavy atom. The minimum atomic E-state index is -0.419. The van der Waals surface area contributed by atoms with E-state index in [4.69, 9.17) is 17.4 Å². The molecule has 19 heavy (non-hydrogen) atoms. The number of benzene rings is 1. The zero-order valence-corrected chi connectivity index (χ0v) is 11.4. The van der Waals surface area contributed by atoms with Crippen molar-refractivity contribution < 1.29 is 4.39 Å². The van der Waals surface area contributed by atoms with Crippen molar-refractivity contribution in [3.63, 3.8) is 0 Å². The van der Waals surface area contributed by atoms with Crippen LogP contribution in [-0.2, 0) is 13.5 Å². The molecule has 0 aliphatic rings. The Morgan fingerprint density at radius 1 is 1.47 bits per heavy atom. The van der Waals surface area contributed by atoms with E-state index < -0.39 is 5.82 Å². The molecule has 0 aliphatic carbocycles. The number of hydrogen-bond donors (Lipinski definition) is 2. The van der Waals surface area contributed by atoms with Gasteiger partial charge in [0, 0.05) is 30.5 Å². The molecule has 0 amide bonds. The van der Waals surface area contributed by atoms with Gasteiger partial charge in [0.1, 0.15) is 5.82 Å². The summed E-state index contributed by atoms with van der Waals surface area (Å²) in [6.45, 7) is 0. The maximum absolute atomic E-state index is 13.9. The zero-order chi connectivity index (χ0) is 13.8. The molecule has 1 aromatic carbocycles. The number of aromatic nitrogens is 2. The highest BCUT2D eigenvalue weighted by atomic mass is 35.5.